The molecule has 0 saturated carbocycles. The second-order valence-electron chi connectivity index (χ2n) is 5.97. The lowest BCUT2D eigenvalue weighted by Crippen LogP contribution is -2.20. The number of benzene rings is 2. The number of hydrogen-bond acceptors (Lipinski definition) is 3. The lowest BCUT2D eigenvalue weighted by Gasteiger charge is -2.11. The average Bonchev–Trinajstić information content (AvgIpc) is 3.00. The van der Waals surface area contributed by atoms with Gasteiger partial charge in [-0.1, -0.05) is 12.1 Å². The normalized spacial score (nSPS) is 16.1. The van der Waals surface area contributed by atoms with Gasteiger partial charge in [-0.2, -0.15) is 8.42 Å². The van der Waals surface area contributed by atoms with Crippen molar-refractivity contribution in [1.29, 1.82) is 0 Å². The van der Waals surface area contributed by atoms with Gasteiger partial charge < -0.3 is 10.2 Å². The minimum atomic E-state index is -3.75. The van der Waals surface area contributed by atoms with Crippen LogP contribution in [0.3, 0.4) is 0 Å². The van der Waals surface area contributed by atoms with E-state index >= 15 is 0 Å². The fraction of sp³-hybridized carbons (Fsp3) is 0.222. The largest absolute Gasteiger partial charge is 0.362 e. The first-order valence-electron chi connectivity index (χ1n) is 8.08. The third-order valence-corrected chi connectivity index (χ3v) is 6.10. The van der Waals surface area contributed by atoms with Crippen LogP contribution >= 0.6 is 15.9 Å². The van der Waals surface area contributed by atoms with Gasteiger partial charge in [-0.15, -0.1) is 4.40 Å². The number of likely N-dealkylation sites (tertiary alicyclic amines) is 1. The van der Waals surface area contributed by atoms with E-state index in [-0.39, 0.29) is 10.8 Å². The Morgan fingerprint density at radius 2 is 1.85 bits per heavy atom. The molecule has 0 radical (unpaired) electrons. The molecule has 26 heavy (non-hydrogen) atoms. The number of rotatable bonds is 4. The number of nitrogens with one attached hydrogen (secondary N) is 1. The van der Waals surface area contributed by atoms with E-state index in [1.807, 2.05) is 18.0 Å². The van der Waals surface area contributed by atoms with E-state index in [1.54, 1.807) is 30.3 Å². The van der Waals surface area contributed by atoms with Crippen LogP contribution in [0.1, 0.15) is 23.2 Å². The first-order chi connectivity index (χ1) is 12.4. The molecular formula is C18H18BrN3O3S. The van der Waals surface area contributed by atoms with E-state index < -0.39 is 10.0 Å². The SMILES string of the molecule is CN1CCCC1=NS(=O)(=O)c1ccc(NC(=O)c2ccccc2Br)cc1. The van der Waals surface area contributed by atoms with Crippen molar-refractivity contribution in [3.05, 3.63) is 58.6 Å². The minimum absolute atomic E-state index is 0.101. The maximum Gasteiger partial charge on any atom is 0.283 e. The highest BCUT2D eigenvalue weighted by molar-refractivity contribution is 9.10. The van der Waals surface area contributed by atoms with Crippen molar-refractivity contribution >= 4 is 43.4 Å². The van der Waals surface area contributed by atoms with Crippen molar-refractivity contribution < 1.29 is 13.2 Å². The summed E-state index contributed by atoms with van der Waals surface area (Å²) in [5, 5.41) is 2.75. The summed E-state index contributed by atoms with van der Waals surface area (Å²) in [6.45, 7) is 0.814. The molecule has 8 heteroatoms. The summed E-state index contributed by atoms with van der Waals surface area (Å²) in [6.07, 6.45) is 1.57. The molecule has 0 aromatic heterocycles. The fourth-order valence-electron chi connectivity index (χ4n) is 2.66. The Balaban J connectivity index is 1.76. The van der Waals surface area contributed by atoms with Crippen LogP contribution in [0.5, 0.6) is 0 Å². The lowest BCUT2D eigenvalue weighted by molar-refractivity contribution is 0.102. The summed E-state index contributed by atoms with van der Waals surface area (Å²) in [5.41, 5.74) is 1.01. The molecule has 0 atom stereocenters. The Hall–Kier alpha value is -2.19. The Morgan fingerprint density at radius 3 is 2.46 bits per heavy atom. The number of amides is 1. The number of carbonyl (C=O) groups excluding carboxylic acids is 1. The van der Waals surface area contributed by atoms with Crippen LogP contribution < -0.4 is 5.32 Å². The molecule has 0 unspecified atom stereocenters. The molecule has 3 rings (SSSR count). The minimum Gasteiger partial charge on any atom is -0.362 e. The van der Waals surface area contributed by atoms with E-state index in [1.165, 1.54) is 12.1 Å². The van der Waals surface area contributed by atoms with Gasteiger partial charge in [0.25, 0.3) is 15.9 Å². The van der Waals surface area contributed by atoms with Gasteiger partial charge in [-0.3, -0.25) is 4.79 Å². The number of amidine groups is 1. The number of anilines is 1. The number of sulfonamides is 1. The highest BCUT2D eigenvalue weighted by Crippen LogP contribution is 2.21. The Kier molecular flexibility index (Phi) is 5.43. The second kappa shape index (κ2) is 7.59. The average molecular weight is 436 g/mol. The summed E-state index contributed by atoms with van der Waals surface area (Å²) in [7, 11) is -1.92. The third kappa shape index (κ3) is 4.13. The summed E-state index contributed by atoms with van der Waals surface area (Å²) in [5.74, 6) is 0.303. The van der Waals surface area contributed by atoms with Gasteiger partial charge in [0.15, 0.2) is 0 Å². The maximum atomic E-state index is 12.4. The summed E-state index contributed by atoms with van der Waals surface area (Å²) < 4.78 is 29.5. The molecule has 0 spiro atoms. The zero-order chi connectivity index (χ0) is 18.7. The van der Waals surface area contributed by atoms with E-state index in [2.05, 4.69) is 25.6 Å². The van der Waals surface area contributed by atoms with Gasteiger partial charge in [-0.05, 0) is 58.7 Å². The van der Waals surface area contributed by atoms with Gasteiger partial charge in [0.05, 0.1) is 10.5 Å². The van der Waals surface area contributed by atoms with Crippen LogP contribution in [-0.4, -0.2) is 38.7 Å². The van der Waals surface area contributed by atoms with Crippen LogP contribution in [0.25, 0.3) is 0 Å². The van der Waals surface area contributed by atoms with Crippen LogP contribution in [0.4, 0.5) is 5.69 Å². The van der Waals surface area contributed by atoms with Crippen molar-refractivity contribution in [2.45, 2.75) is 17.7 Å². The summed E-state index contributed by atoms with van der Waals surface area (Å²) in [4.78, 5) is 14.2. The maximum absolute atomic E-state index is 12.4. The molecule has 1 fully saturated rings. The lowest BCUT2D eigenvalue weighted by atomic mass is 10.2. The first-order valence-corrected chi connectivity index (χ1v) is 10.3. The van der Waals surface area contributed by atoms with E-state index in [0.29, 0.717) is 28.0 Å². The van der Waals surface area contributed by atoms with Crippen LogP contribution in [-0.2, 0) is 10.0 Å². The number of nitrogens with zero attached hydrogens (tertiary/aromatic N) is 2. The number of carbonyl (C=O) groups is 1. The molecule has 1 saturated heterocycles. The van der Waals surface area contributed by atoms with Gasteiger partial charge in [0.1, 0.15) is 5.84 Å². The van der Waals surface area contributed by atoms with Crippen molar-refractivity contribution in [2.75, 3.05) is 18.9 Å². The Morgan fingerprint density at radius 1 is 1.15 bits per heavy atom. The van der Waals surface area contributed by atoms with Crippen molar-refractivity contribution in [3.8, 4) is 0 Å². The van der Waals surface area contributed by atoms with E-state index in [4.69, 9.17) is 0 Å². The van der Waals surface area contributed by atoms with Gasteiger partial charge >= 0.3 is 0 Å². The third-order valence-electron chi connectivity index (χ3n) is 4.09. The quantitative estimate of drug-likeness (QED) is 0.796. The van der Waals surface area contributed by atoms with Crippen molar-refractivity contribution in [1.82, 2.24) is 4.90 Å². The Labute approximate surface area is 161 Å². The predicted molar refractivity (Wildman–Crippen MR) is 105 cm³/mol. The molecule has 2 aromatic rings. The molecule has 1 heterocycles. The zero-order valence-electron chi connectivity index (χ0n) is 14.1. The molecule has 6 nitrogen and oxygen atoms in total. The fourth-order valence-corrected chi connectivity index (χ4v) is 4.21. The molecule has 1 amide bonds. The standard InChI is InChI=1S/C18H18BrN3O3S/c1-22-12-4-7-17(22)21-26(24,25)14-10-8-13(9-11-14)20-18(23)15-5-2-3-6-16(15)19/h2-3,5-6,8-11H,4,7,12H2,1H3,(H,20,23). The molecule has 0 bridgehead atoms. The van der Waals surface area contributed by atoms with Gasteiger partial charge in [-0.25, -0.2) is 0 Å². The smallest absolute Gasteiger partial charge is 0.283 e. The molecule has 1 aliphatic rings. The number of hydrogen-bond donors (Lipinski definition) is 1. The topological polar surface area (TPSA) is 78.8 Å². The molecule has 136 valence electrons. The molecule has 1 N–H and O–H groups in total. The predicted octanol–water partition coefficient (Wildman–Crippen LogP) is 3.51. The number of halogens is 1. The van der Waals surface area contributed by atoms with Gasteiger partial charge in [0.2, 0.25) is 0 Å². The monoisotopic (exact) mass is 435 g/mol. The van der Waals surface area contributed by atoms with E-state index in [0.717, 1.165) is 13.0 Å². The Bertz CT molecular complexity index is 956. The molecule has 1 aliphatic heterocycles. The molecular weight excluding hydrogens is 418 g/mol. The molecule has 2 aromatic carbocycles. The second-order valence-corrected chi connectivity index (χ2v) is 8.42. The summed E-state index contributed by atoms with van der Waals surface area (Å²) >= 11 is 3.34. The van der Waals surface area contributed by atoms with Crippen molar-refractivity contribution in [2.24, 2.45) is 4.40 Å². The van der Waals surface area contributed by atoms with E-state index in [9.17, 15) is 13.2 Å². The van der Waals surface area contributed by atoms with Crippen LogP contribution in [0.15, 0.2) is 62.3 Å². The highest BCUT2D eigenvalue weighted by atomic mass is 79.9. The van der Waals surface area contributed by atoms with Crippen LogP contribution in [0.2, 0.25) is 0 Å². The zero-order valence-corrected chi connectivity index (χ0v) is 16.5. The van der Waals surface area contributed by atoms with Crippen LogP contribution in [0, 0.1) is 0 Å². The molecule has 0 aliphatic carbocycles. The summed E-state index contributed by atoms with van der Waals surface area (Å²) in [6, 6.07) is 13.1. The van der Waals surface area contributed by atoms with Crippen molar-refractivity contribution in [3.63, 3.8) is 0 Å². The first kappa shape index (κ1) is 18.6. The van der Waals surface area contributed by atoms with Gasteiger partial charge in [0, 0.05) is 30.2 Å². The highest BCUT2D eigenvalue weighted by Gasteiger charge is 2.20.